The minimum Gasteiger partial charge on any atom is -0.456 e. The van der Waals surface area contributed by atoms with E-state index in [0.717, 1.165) is 77.4 Å². The second-order valence-electron chi connectivity index (χ2n) is 9.91. The Hall–Kier alpha value is -5.42. The van der Waals surface area contributed by atoms with Gasteiger partial charge < -0.3 is 13.8 Å². The van der Waals surface area contributed by atoms with Crippen LogP contribution in [0.15, 0.2) is 118 Å². The second-order valence-corrected chi connectivity index (χ2v) is 9.91. The zero-order valence-electron chi connectivity index (χ0n) is 20.6. The minimum absolute atomic E-state index is 0.793. The van der Waals surface area contributed by atoms with Gasteiger partial charge in [-0.05, 0) is 60.7 Å². The number of aromatic amines is 1. The standard InChI is InChI=1S/C34H19N3O2/c1-3-7-27-21(5-1)23-13-15-35-31(33(23)37-27)19-9-11-29-25(17-19)26-18-20(10-12-30(26)38-29)32-34-24(14-16-36-32)22-6-2-4-8-28(22)39-34/h1-18,37H. The van der Waals surface area contributed by atoms with E-state index in [1.165, 1.54) is 10.8 Å². The summed E-state index contributed by atoms with van der Waals surface area (Å²) in [5.41, 5.74) is 9.22. The molecule has 0 saturated carbocycles. The number of benzene rings is 4. The fourth-order valence-corrected chi connectivity index (χ4v) is 5.92. The van der Waals surface area contributed by atoms with Crippen molar-refractivity contribution < 1.29 is 8.83 Å². The largest absolute Gasteiger partial charge is 0.456 e. The fourth-order valence-electron chi connectivity index (χ4n) is 5.92. The molecule has 0 bridgehead atoms. The molecule has 1 N–H and O–H groups in total. The number of aromatic nitrogens is 3. The quantitative estimate of drug-likeness (QED) is 0.256. The number of fused-ring (bicyclic) bond motifs is 9. The number of pyridine rings is 2. The first-order valence-corrected chi connectivity index (χ1v) is 12.9. The normalized spacial score (nSPS) is 12.1. The molecule has 0 amide bonds. The highest BCUT2D eigenvalue weighted by atomic mass is 16.3. The van der Waals surface area contributed by atoms with Crippen LogP contribution in [0.25, 0.3) is 88.2 Å². The molecule has 5 nitrogen and oxygen atoms in total. The number of nitrogens with one attached hydrogen (secondary N) is 1. The lowest BCUT2D eigenvalue weighted by atomic mass is 10.0. The lowest BCUT2D eigenvalue weighted by Gasteiger charge is -2.04. The maximum Gasteiger partial charge on any atom is 0.161 e. The molecule has 5 aromatic heterocycles. The molecule has 0 spiro atoms. The van der Waals surface area contributed by atoms with Gasteiger partial charge in [0.15, 0.2) is 5.58 Å². The molecule has 0 fully saturated rings. The second kappa shape index (κ2) is 7.55. The zero-order valence-corrected chi connectivity index (χ0v) is 20.6. The molecule has 0 radical (unpaired) electrons. The predicted molar refractivity (Wildman–Crippen MR) is 157 cm³/mol. The molecule has 39 heavy (non-hydrogen) atoms. The number of nitrogens with zero attached hydrogens (tertiary/aromatic N) is 2. The van der Waals surface area contributed by atoms with E-state index in [-0.39, 0.29) is 0 Å². The number of furan rings is 2. The third kappa shape index (κ3) is 2.90. The van der Waals surface area contributed by atoms with E-state index in [9.17, 15) is 0 Å². The monoisotopic (exact) mass is 501 g/mol. The van der Waals surface area contributed by atoms with Gasteiger partial charge in [-0.15, -0.1) is 0 Å². The molecule has 9 aromatic rings. The molecule has 5 heteroatoms. The zero-order chi connectivity index (χ0) is 25.5. The molecule has 0 unspecified atom stereocenters. The van der Waals surface area contributed by atoms with Gasteiger partial charge in [-0.1, -0.05) is 36.4 Å². The first kappa shape index (κ1) is 20.6. The molecule has 0 aliphatic carbocycles. The van der Waals surface area contributed by atoms with Crippen molar-refractivity contribution in [1.82, 2.24) is 15.0 Å². The lowest BCUT2D eigenvalue weighted by molar-refractivity contribution is 0.667. The van der Waals surface area contributed by atoms with Crippen LogP contribution in [0, 0.1) is 0 Å². The van der Waals surface area contributed by atoms with Gasteiger partial charge in [-0.3, -0.25) is 9.97 Å². The first-order chi connectivity index (χ1) is 19.3. The van der Waals surface area contributed by atoms with Gasteiger partial charge in [-0.2, -0.15) is 0 Å². The summed E-state index contributed by atoms with van der Waals surface area (Å²) < 4.78 is 12.5. The highest BCUT2D eigenvalue weighted by Crippen LogP contribution is 2.39. The lowest BCUT2D eigenvalue weighted by Crippen LogP contribution is -1.85. The van der Waals surface area contributed by atoms with Crippen LogP contribution in [0.1, 0.15) is 0 Å². The Labute approximate surface area is 221 Å². The average Bonchev–Trinajstić information content (AvgIpc) is 3.67. The minimum atomic E-state index is 0.793. The Bertz CT molecular complexity index is 2240. The van der Waals surface area contributed by atoms with E-state index in [2.05, 4.69) is 53.5 Å². The highest BCUT2D eigenvalue weighted by molar-refractivity contribution is 6.13. The molecule has 0 aliphatic heterocycles. The average molecular weight is 502 g/mol. The number of rotatable bonds is 2. The van der Waals surface area contributed by atoms with Crippen molar-refractivity contribution in [2.75, 3.05) is 0 Å². The summed E-state index contributed by atoms with van der Waals surface area (Å²) in [6.45, 7) is 0. The van der Waals surface area contributed by atoms with E-state index in [1.54, 1.807) is 0 Å². The number of hydrogen-bond donors (Lipinski definition) is 1. The van der Waals surface area contributed by atoms with Gasteiger partial charge >= 0.3 is 0 Å². The van der Waals surface area contributed by atoms with Crippen molar-refractivity contribution in [3.8, 4) is 22.5 Å². The van der Waals surface area contributed by atoms with Gasteiger partial charge in [0.25, 0.3) is 0 Å². The third-order valence-corrected chi connectivity index (χ3v) is 7.74. The van der Waals surface area contributed by atoms with Crippen LogP contribution in [-0.2, 0) is 0 Å². The van der Waals surface area contributed by atoms with E-state index in [4.69, 9.17) is 18.8 Å². The molecule has 4 aromatic carbocycles. The van der Waals surface area contributed by atoms with Crippen LogP contribution in [0.4, 0.5) is 0 Å². The Balaban J connectivity index is 1.26. The highest BCUT2D eigenvalue weighted by Gasteiger charge is 2.17. The van der Waals surface area contributed by atoms with Gasteiger partial charge in [0, 0.05) is 61.4 Å². The van der Waals surface area contributed by atoms with Crippen LogP contribution in [0.2, 0.25) is 0 Å². The van der Waals surface area contributed by atoms with Crippen LogP contribution in [0.5, 0.6) is 0 Å². The summed E-state index contributed by atoms with van der Waals surface area (Å²) in [5, 5.41) is 6.59. The molecular weight excluding hydrogens is 482 g/mol. The van der Waals surface area contributed by atoms with Crippen molar-refractivity contribution in [2.45, 2.75) is 0 Å². The smallest absolute Gasteiger partial charge is 0.161 e. The first-order valence-electron chi connectivity index (χ1n) is 12.9. The molecule has 9 rings (SSSR count). The molecule has 0 saturated heterocycles. The summed E-state index contributed by atoms with van der Waals surface area (Å²) in [7, 11) is 0. The molecular formula is C34H19N3O2. The van der Waals surface area contributed by atoms with E-state index < -0.39 is 0 Å². The van der Waals surface area contributed by atoms with E-state index in [0.29, 0.717) is 0 Å². The SMILES string of the molecule is c1ccc2c(c1)[nH]c1c(-c3ccc4oc5ccc(-c6nccc7c6oc6ccccc67)cc5c4c3)nccc12. The fraction of sp³-hybridized carbons (Fsp3) is 0. The maximum atomic E-state index is 6.26. The Morgan fingerprint density at radius 2 is 1.13 bits per heavy atom. The molecule has 0 aliphatic rings. The van der Waals surface area contributed by atoms with Crippen LogP contribution < -0.4 is 0 Å². The van der Waals surface area contributed by atoms with Gasteiger partial charge in [0.1, 0.15) is 22.4 Å². The summed E-state index contributed by atoms with van der Waals surface area (Å²) in [5.74, 6) is 0. The van der Waals surface area contributed by atoms with Crippen LogP contribution in [0.3, 0.4) is 0 Å². The van der Waals surface area contributed by atoms with Crippen LogP contribution in [-0.4, -0.2) is 15.0 Å². The van der Waals surface area contributed by atoms with Gasteiger partial charge in [0.2, 0.25) is 0 Å². The number of H-pyrrole nitrogens is 1. The number of para-hydroxylation sites is 2. The maximum absolute atomic E-state index is 6.26. The summed E-state index contributed by atoms with van der Waals surface area (Å²) in [6, 6.07) is 33.0. The van der Waals surface area contributed by atoms with Crippen molar-refractivity contribution in [1.29, 1.82) is 0 Å². The summed E-state index contributed by atoms with van der Waals surface area (Å²) in [6.07, 6.45) is 3.73. The van der Waals surface area contributed by atoms with E-state index in [1.807, 2.05) is 60.9 Å². The third-order valence-electron chi connectivity index (χ3n) is 7.74. The van der Waals surface area contributed by atoms with Crippen molar-refractivity contribution in [3.05, 3.63) is 109 Å². The predicted octanol–water partition coefficient (Wildman–Crippen LogP) is 9.24. The van der Waals surface area contributed by atoms with Crippen molar-refractivity contribution in [3.63, 3.8) is 0 Å². The van der Waals surface area contributed by atoms with Crippen LogP contribution >= 0.6 is 0 Å². The van der Waals surface area contributed by atoms with Gasteiger partial charge in [-0.25, -0.2) is 0 Å². The topological polar surface area (TPSA) is 67.8 Å². The van der Waals surface area contributed by atoms with Crippen molar-refractivity contribution in [2.24, 2.45) is 0 Å². The summed E-state index contributed by atoms with van der Waals surface area (Å²) >= 11 is 0. The molecule has 182 valence electrons. The molecule has 5 heterocycles. The summed E-state index contributed by atoms with van der Waals surface area (Å²) in [4.78, 5) is 13.1. The Kier molecular flexibility index (Phi) is 3.99. The van der Waals surface area contributed by atoms with Gasteiger partial charge in [0.05, 0.1) is 11.2 Å². The Morgan fingerprint density at radius 1 is 0.487 bits per heavy atom. The van der Waals surface area contributed by atoms with E-state index >= 15 is 0 Å². The molecule has 0 atom stereocenters. The number of hydrogen-bond acceptors (Lipinski definition) is 4. The van der Waals surface area contributed by atoms with Crippen molar-refractivity contribution >= 4 is 65.7 Å². The Morgan fingerprint density at radius 3 is 1.95 bits per heavy atom.